The molecule has 0 bridgehead atoms. The molecule has 2 aliphatic carbocycles. The molecule has 10 heteroatoms. The van der Waals surface area contributed by atoms with Gasteiger partial charge < -0.3 is 15.0 Å². The first kappa shape index (κ1) is 22.5. The average molecular weight is 468 g/mol. The number of ketones is 1. The third-order valence-corrected chi connectivity index (χ3v) is 7.38. The van der Waals surface area contributed by atoms with Gasteiger partial charge in [-0.25, -0.2) is 9.67 Å². The number of carbonyl (C=O) groups excluding carboxylic acids is 4. The lowest BCUT2D eigenvalue weighted by Crippen LogP contribution is -2.52. The number of likely N-dealkylation sites (tertiary alicyclic amines) is 1. The molecule has 3 aliphatic rings. The zero-order chi connectivity index (χ0) is 24.0. The van der Waals surface area contributed by atoms with Crippen LogP contribution in [0.5, 0.6) is 0 Å². The lowest BCUT2D eigenvalue weighted by atomic mass is 9.85. The van der Waals surface area contributed by atoms with Crippen LogP contribution in [0.25, 0.3) is 11.0 Å². The van der Waals surface area contributed by atoms with Gasteiger partial charge in [-0.1, -0.05) is 6.42 Å². The first-order valence-corrected chi connectivity index (χ1v) is 11.9. The predicted octanol–water partition coefficient (Wildman–Crippen LogP) is 1.47. The quantitative estimate of drug-likeness (QED) is 0.504. The second-order valence-electron chi connectivity index (χ2n) is 9.64. The summed E-state index contributed by atoms with van der Waals surface area (Å²) in [6.07, 6.45) is 6.14. The molecule has 2 aromatic heterocycles. The Morgan fingerprint density at radius 3 is 2.76 bits per heavy atom. The van der Waals surface area contributed by atoms with E-state index >= 15 is 0 Å². The van der Waals surface area contributed by atoms with Crippen molar-refractivity contribution in [3.8, 4) is 0 Å². The number of carbonyl (C=O) groups is 4. The van der Waals surface area contributed by atoms with E-state index in [0.29, 0.717) is 29.8 Å². The van der Waals surface area contributed by atoms with E-state index in [1.165, 1.54) is 18.7 Å². The summed E-state index contributed by atoms with van der Waals surface area (Å²) in [6, 6.07) is 2.93. The standard InChI is InChI=1S/C24H29N5O5/c1-13(30)21-17-7-4-8-25-22(17)28(27-21)12-20(31)29-18-10-15(18)11-19(29)23(32)26-16-6-3-5-14(9-16)24(33)34-2/h4,7-8,14-16,18-19H,3,5-6,9-12H2,1-2H3,(H,26,32)/t14-,15+,16+,18-,19+/m1/s1. The molecule has 1 N–H and O–H groups in total. The van der Waals surface area contributed by atoms with Crippen molar-refractivity contribution in [2.45, 2.75) is 70.1 Å². The Kier molecular flexibility index (Phi) is 5.83. The summed E-state index contributed by atoms with van der Waals surface area (Å²) in [5.74, 6) is -0.648. The highest BCUT2D eigenvalue weighted by molar-refractivity contribution is 6.04. The summed E-state index contributed by atoms with van der Waals surface area (Å²) >= 11 is 0. The van der Waals surface area contributed by atoms with E-state index in [-0.39, 0.29) is 53.8 Å². The van der Waals surface area contributed by atoms with E-state index in [2.05, 4.69) is 15.4 Å². The van der Waals surface area contributed by atoms with Crippen LogP contribution in [0.4, 0.5) is 0 Å². The fraction of sp³-hybridized carbons (Fsp3) is 0.583. The van der Waals surface area contributed by atoms with Gasteiger partial charge in [-0.05, 0) is 50.2 Å². The van der Waals surface area contributed by atoms with E-state index < -0.39 is 6.04 Å². The van der Waals surface area contributed by atoms with Crippen molar-refractivity contribution >= 4 is 34.6 Å². The normalized spacial score (nSPS) is 27.8. The van der Waals surface area contributed by atoms with Gasteiger partial charge >= 0.3 is 5.97 Å². The summed E-state index contributed by atoms with van der Waals surface area (Å²) in [4.78, 5) is 56.5. The maximum atomic E-state index is 13.4. The fourth-order valence-electron chi connectivity index (χ4n) is 5.64. The molecule has 2 saturated carbocycles. The molecule has 0 spiro atoms. The number of rotatable bonds is 6. The highest BCUT2D eigenvalue weighted by Gasteiger charge is 2.56. The molecule has 3 fully saturated rings. The largest absolute Gasteiger partial charge is 0.469 e. The molecule has 5 rings (SSSR count). The highest BCUT2D eigenvalue weighted by Crippen LogP contribution is 2.48. The predicted molar refractivity (Wildman–Crippen MR) is 121 cm³/mol. The van der Waals surface area contributed by atoms with E-state index in [1.54, 1.807) is 23.2 Å². The number of piperidine rings is 1. The summed E-state index contributed by atoms with van der Waals surface area (Å²) in [6.45, 7) is 1.36. The molecule has 2 amide bonds. The maximum Gasteiger partial charge on any atom is 0.308 e. The summed E-state index contributed by atoms with van der Waals surface area (Å²) < 4.78 is 6.34. The SMILES string of the molecule is COC(=O)[C@@H]1CCC[C@H](NC(=O)[C@@H]2C[C@@H]3C[C@H]3N2C(=O)Cn2nc(C(C)=O)c3cccnc32)C1. The molecular weight excluding hydrogens is 438 g/mol. The Bertz CT molecular complexity index is 1160. The van der Waals surface area contributed by atoms with Crippen LogP contribution in [0.1, 0.15) is 55.9 Å². The van der Waals surface area contributed by atoms with E-state index in [0.717, 1.165) is 25.7 Å². The summed E-state index contributed by atoms with van der Waals surface area (Å²) in [5.41, 5.74) is 0.762. The Hall–Kier alpha value is -3.30. The first-order chi connectivity index (χ1) is 16.4. The van der Waals surface area contributed by atoms with Crippen LogP contribution in [-0.2, 0) is 25.7 Å². The zero-order valence-electron chi connectivity index (χ0n) is 19.4. The van der Waals surface area contributed by atoms with Crippen molar-refractivity contribution in [2.75, 3.05) is 7.11 Å². The van der Waals surface area contributed by atoms with E-state index in [4.69, 9.17) is 4.74 Å². The van der Waals surface area contributed by atoms with Gasteiger partial charge in [-0.3, -0.25) is 19.2 Å². The monoisotopic (exact) mass is 467 g/mol. The van der Waals surface area contributed by atoms with Gasteiger partial charge in [-0.15, -0.1) is 0 Å². The number of hydrogen-bond acceptors (Lipinski definition) is 7. The Balaban J connectivity index is 1.29. The number of esters is 1. The summed E-state index contributed by atoms with van der Waals surface area (Å²) in [7, 11) is 1.39. The molecule has 5 atom stereocenters. The van der Waals surface area contributed by atoms with Crippen molar-refractivity contribution in [3.63, 3.8) is 0 Å². The minimum atomic E-state index is -0.531. The van der Waals surface area contributed by atoms with Gasteiger partial charge in [0, 0.05) is 25.2 Å². The third-order valence-electron chi connectivity index (χ3n) is 7.38. The zero-order valence-corrected chi connectivity index (χ0v) is 19.4. The van der Waals surface area contributed by atoms with Crippen LogP contribution in [0, 0.1) is 11.8 Å². The Morgan fingerprint density at radius 1 is 1.18 bits per heavy atom. The van der Waals surface area contributed by atoms with Gasteiger partial charge in [-0.2, -0.15) is 5.10 Å². The van der Waals surface area contributed by atoms with Crippen LogP contribution in [0.15, 0.2) is 18.3 Å². The van der Waals surface area contributed by atoms with Gasteiger partial charge in [0.15, 0.2) is 11.4 Å². The number of hydrogen-bond donors (Lipinski definition) is 1. The Labute approximate surface area is 197 Å². The first-order valence-electron chi connectivity index (χ1n) is 11.9. The highest BCUT2D eigenvalue weighted by atomic mass is 16.5. The molecule has 1 saturated heterocycles. The molecule has 1 aliphatic heterocycles. The lowest BCUT2D eigenvalue weighted by molar-refractivity contribution is -0.147. The van der Waals surface area contributed by atoms with Gasteiger partial charge in [0.05, 0.1) is 18.4 Å². The number of Topliss-reactive ketones (excluding diaryl/α,β-unsaturated/α-hetero) is 1. The average Bonchev–Trinajstić information content (AvgIpc) is 3.33. The van der Waals surface area contributed by atoms with E-state index in [1.807, 2.05) is 0 Å². The number of pyridine rings is 1. The van der Waals surface area contributed by atoms with Crippen LogP contribution in [0.3, 0.4) is 0 Å². The third kappa shape index (κ3) is 4.05. The van der Waals surface area contributed by atoms with Crippen molar-refractivity contribution in [1.29, 1.82) is 0 Å². The molecule has 180 valence electrons. The van der Waals surface area contributed by atoms with Crippen molar-refractivity contribution in [2.24, 2.45) is 11.8 Å². The fourth-order valence-corrected chi connectivity index (χ4v) is 5.64. The second kappa shape index (κ2) is 8.81. The molecule has 3 heterocycles. The molecule has 34 heavy (non-hydrogen) atoms. The lowest BCUT2D eigenvalue weighted by Gasteiger charge is -2.32. The molecule has 0 aromatic carbocycles. The molecular formula is C24H29N5O5. The van der Waals surface area contributed by atoms with Crippen LogP contribution in [0.2, 0.25) is 0 Å². The molecule has 10 nitrogen and oxygen atoms in total. The number of aromatic nitrogens is 3. The van der Waals surface area contributed by atoms with Gasteiger partial charge in [0.25, 0.3) is 0 Å². The number of nitrogens with zero attached hydrogens (tertiary/aromatic N) is 4. The van der Waals surface area contributed by atoms with Crippen LogP contribution >= 0.6 is 0 Å². The molecule has 0 unspecified atom stereocenters. The van der Waals surface area contributed by atoms with E-state index in [9.17, 15) is 19.2 Å². The number of methoxy groups -OCH3 is 1. The smallest absolute Gasteiger partial charge is 0.308 e. The number of nitrogens with one attached hydrogen (secondary N) is 1. The number of ether oxygens (including phenoxy) is 1. The minimum Gasteiger partial charge on any atom is -0.469 e. The van der Waals surface area contributed by atoms with Crippen LogP contribution in [-0.4, -0.2) is 68.5 Å². The van der Waals surface area contributed by atoms with Crippen molar-refractivity contribution < 1.29 is 23.9 Å². The topological polar surface area (TPSA) is 123 Å². The number of amides is 2. The van der Waals surface area contributed by atoms with Crippen molar-refractivity contribution in [1.82, 2.24) is 25.0 Å². The van der Waals surface area contributed by atoms with Gasteiger partial charge in [0.2, 0.25) is 11.8 Å². The maximum absolute atomic E-state index is 13.4. The Morgan fingerprint density at radius 2 is 2.00 bits per heavy atom. The minimum absolute atomic E-state index is 0.0690. The van der Waals surface area contributed by atoms with Crippen molar-refractivity contribution in [3.05, 3.63) is 24.0 Å². The molecule has 2 aromatic rings. The molecule has 0 radical (unpaired) electrons. The summed E-state index contributed by atoms with van der Waals surface area (Å²) in [5, 5.41) is 8.05. The van der Waals surface area contributed by atoms with Gasteiger partial charge in [0.1, 0.15) is 18.3 Å². The van der Waals surface area contributed by atoms with Crippen LogP contribution < -0.4 is 5.32 Å². The number of fused-ring (bicyclic) bond motifs is 2. The second-order valence-corrected chi connectivity index (χ2v) is 9.64.